The number of nitrogens with one attached hydrogen (secondary N) is 2. The van der Waals surface area contributed by atoms with E-state index in [0.29, 0.717) is 11.7 Å². The minimum absolute atomic E-state index is 0.247. The van der Waals surface area contributed by atoms with Gasteiger partial charge < -0.3 is 5.32 Å². The highest BCUT2D eigenvalue weighted by Gasteiger charge is 1.96. The molecule has 114 valence electrons. The van der Waals surface area contributed by atoms with Crippen LogP contribution in [0, 0.1) is 5.82 Å². The normalized spacial score (nSPS) is 10.6. The zero-order valence-corrected chi connectivity index (χ0v) is 13.2. The summed E-state index contributed by atoms with van der Waals surface area (Å²) in [5.41, 5.74) is 6.00. The highest BCUT2D eigenvalue weighted by molar-refractivity contribution is 7.80. The van der Waals surface area contributed by atoms with E-state index in [4.69, 9.17) is 12.2 Å². The predicted octanol–water partition coefficient (Wildman–Crippen LogP) is 3.39. The summed E-state index contributed by atoms with van der Waals surface area (Å²) in [5, 5.41) is 7.51. The molecule has 0 aliphatic carbocycles. The number of hydrogen-bond acceptors (Lipinski definition) is 2. The molecule has 0 spiro atoms. The summed E-state index contributed by atoms with van der Waals surface area (Å²) in [4.78, 5) is 0. The van der Waals surface area contributed by atoms with Crippen molar-refractivity contribution in [2.75, 3.05) is 0 Å². The van der Waals surface area contributed by atoms with Crippen LogP contribution in [0.25, 0.3) is 0 Å². The number of benzene rings is 2. The Balaban J connectivity index is 1.76. The maximum absolute atomic E-state index is 12.8. The van der Waals surface area contributed by atoms with E-state index in [1.165, 1.54) is 17.7 Å². The van der Waals surface area contributed by atoms with Crippen LogP contribution >= 0.6 is 12.2 Å². The zero-order valence-electron chi connectivity index (χ0n) is 12.3. The lowest BCUT2D eigenvalue weighted by atomic mass is 10.1. The number of hydrogen-bond donors (Lipinski definition) is 2. The minimum atomic E-state index is -0.247. The van der Waals surface area contributed by atoms with Crippen molar-refractivity contribution in [1.29, 1.82) is 0 Å². The van der Waals surface area contributed by atoms with E-state index >= 15 is 0 Å². The Morgan fingerprint density at radius 3 is 2.36 bits per heavy atom. The minimum Gasteiger partial charge on any atom is -0.357 e. The molecule has 0 saturated heterocycles. The highest BCUT2D eigenvalue weighted by atomic mass is 32.1. The first-order valence-electron chi connectivity index (χ1n) is 7.07. The van der Waals surface area contributed by atoms with Gasteiger partial charge in [-0.2, -0.15) is 5.10 Å². The number of nitrogens with zero attached hydrogens (tertiary/aromatic N) is 1. The number of halogens is 1. The summed E-state index contributed by atoms with van der Waals surface area (Å²) in [6.45, 7) is 2.64. The average Bonchev–Trinajstić information content (AvgIpc) is 2.55. The van der Waals surface area contributed by atoms with Gasteiger partial charge >= 0.3 is 0 Å². The third-order valence-corrected chi connectivity index (χ3v) is 3.37. The molecule has 0 unspecified atom stereocenters. The maximum Gasteiger partial charge on any atom is 0.187 e. The van der Waals surface area contributed by atoms with Gasteiger partial charge in [-0.1, -0.05) is 43.3 Å². The molecule has 2 aromatic carbocycles. The Morgan fingerprint density at radius 1 is 1.09 bits per heavy atom. The first-order chi connectivity index (χ1) is 10.7. The predicted molar refractivity (Wildman–Crippen MR) is 92.4 cm³/mol. The van der Waals surface area contributed by atoms with Crippen molar-refractivity contribution < 1.29 is 4.39 Å². The third kappa shape index (κ3) is 5.26. The van der Waals surface area contributed by atoms with Crippen molar-refractivity contribution in [3.8, 4) is 0 Å². The van der Waals surface area contributed by atoms with Crippen LogP contribution in [0.3, 0.4) is 0 Å². The third-order valence-electron chi connectivity index (χ3n) is 3.13. The van der Waals surface area contributed by atoms with Crippen LogP contribution in [0.4, 0.5) is 4.39 Å². The first kappa shape index (κ1) is 16.1. The molecule has 5 heteroatoms. The lowest BCUT2D eigenvalue weighted by Gasteiger charge is -2.06. The molecule has 3 nitrogen and oxygen atoms in total. The van der Waals surface area contributed by atoms with Crippen molar-refractivity contribution in [3.05, 3.63) is 71.0 Å². The van der Waals surface area contributed by atoms with E-state index in [9.17, 15) is 4.39 Å². The van der Waals surface area contributed by atoms with Crippen LogP contribution in [-0.4, -0.2) is 11.3 Å². The lowest BCUT2D eigenvalue weighted by molar-refractivity contribution is 0.626. The Labute approximate surface area is 135 Å². The average molecular weight is 315 g/mol. The van der Waals surface area contributed by atoms with E-state index in [2.05, 4.69) is 34.9 Å². The van der Waals surface area contributed by atoms with Crippen LogP contribution in [0.15, 0.2) is 53.6 Å². The van der Waals surface area contributed by atoms with E-state index in [0.717, 1.165) is 17.5 Å². The van der Waals surface area contributed by atoms with Gasteiger partial charge in [0.05, 0.1) is 6.21 Å². The van der Waals surface area contributed by atoms with Crippen LogP contribution in [0.1, 0.15) is 23.6 Å². The molecule has 2 rings (SSSR count). The fourth-order valence-electron chi connectivity index (χ4n) is 1.83. The van der Waals surface area contributed by atoms with Gasteiger partial charge in [-0.25, -0.2) is 4.39 Å². The fourth-order valence-corrected chi connectivity index (χ4v) is 1.95. The summed E-state index contributed by atoms with van der Waals surface area (Å²) in [6, 6.07) is 14.4. The second-order valence-electron chi connectivity index (χ2n) is 4.77. The van der Waals surface area contributed by atoms with Gasteiger partial charge in [0.15, 0.2) is 5.11 Å². The van der Waals surface area contributed by atoms with Crippen molar-refractivity contribution in [2.45, 2.75) is 19.9 Å². The smallest absolute Gasteiger partial charge is 0.187 e. The zero-order chi connectivity index (χ0) is 15.8. The SMILES string of the molecule is CCc1ccc(/C=N\NC(=S)NCc2ccc(F)cc2)cc1. The molecule has 0 atom stereocenters. The van der Waals surface area contributed by atoms with Crippen LogP contribution in [-0.2, 0) is 13.0 Å². The molecular formula is C17H18FN3S. The monoisotopic (exact) mass is 315 g/mol. The molecule has 0 bridgehead atoms. The molecule has 2 aromatic rings. The van der Waals surface area contributed by atoms with E-state index in [-0.39, 0.29) is 5.82 Å². The Morgan fingerprint density at radius 2 is 1.73 bits per heavy atom. The van der Waals surface area contributed by atoms with Crippen molar-refractivity contribution in [1.82, 2.24) is 10.7 Å². The summed E-state index contributed by atoms with van der Waals surface area (Å²) in [5.74, 6) is -0.247. The van der Waals surface area contributed by atoms with Crippen molar-refractivity contribution in [2.24, 2.45) is 5.10 Å². The molecule has 0 fully saturated rings. The first-order valence-corrected chi connectivity index (χ1v) is 7.48. The molecule has 0 aliphatic heterocycles. The number of rotatable bonds is 5. The second-order valence-corrected chi connectivity index (χ2v) is 5.18. The number of thiocarbonyl (C=S) groups is 1. The Bertz CT molecular complexity index is 636. The summed E-state index contributed by atoms with van der Waals surface area (Å²) < 4.78 is 12.8. The van der Waals surface area contributed by atoms with E-state index in [1.54, 1.807) is 18.3 Å². The largest absolute Gasteiger partial charge is 0.357 e. The van der Waals surface area contributed by atoms with Gasteiger partial charge in [0.25, 0.3) is 0 Å². The summed E-state index contributed by atoms with van der Waals surface area (Å²) in [6.07, 6.45) is 2.73. The highest BCUT2D eigenvalue weighted by Crippen LogP contribution is 2.03. The van der Waals surface area contributed by atoms with Crippen molar-refractivity contribution in [3.63, 3.8) is 0 Å². The van der Waals surface area contributed by atoms with Gasteiger partial charge in [0.2, 0.25) is 0 Å². The van der Waals surface area contributed by atoms with E-state index < -0.39 is 0 Å². The second kappa shape index (κ2) is 8.24. The van der Waals surface area contributed by atoms with Crippen molar-refractivity contribution >= 4 is 23.5 Å². The maximum atomic E-state index is 12.8. The summed E-state index contributed by atoms with van der Waals surface area (Å²) in [7, 11) is 0. The quantitative estimate of drug-likeness (QED) is 0.504. The summed E-state index contributed by atoms with van der Waals surface area (Å²) >= 11 is 5.12. The van der Waals surface area contributed by atoms with E-state index in [1.807, 2.05) is 12.1 Å². The fraction of sp³-hybridized carbons (Fsp3) is 0.176. The standard InChI is InChI=1S/C17H18FN3S/c1-2-13-3-5-15(6-4-13)12-20-21-17(22)19-11-14-7-9-16(18)10-8-14/h3-10,12H,2,11H2,1H3,(H2,19,21,22)/b20-12-. The molecule has 0 aliphatic rings. The Kier molecular flexibility index (Phi) is 6.03. The van der Waals surface area contributed by atoms with Gasteiger partial charge in [0, 0.05) is 6.54 Å². The molecule has 22 heavy (non-hydrogen) atoms. The van der Waals surface area contributed by atoms with Crippen LogP contribution in [0.2, 0.25) is 0 Å². The van der Waals surface area contributed by atoms with Gasteiger partial charge in [0.1, 0.15) is 5.82 Å². The number of hydrazone groups is 1. The van der Waals surface area contributed by atoms with Gasteiger partial charge in [-0.3, -0.25) is 5.43 Å². The molecule has 2 N–H and O–H groups in total. The topological polar surface area (TPSA) is 36.4 Å². The molecule has 0 saturated carbocycles. The van der Waals surface area contributed by atoms with Gasteiger partial charge in [-0.15, -0.1) is 0 Å². The van der Waals surface area contributed by atoms with Gasteiger partial charge in [-0.05, 0) is 47.5 Å². The molecular weight excluding hydrogens is 297 g/mol. The molecule has 0 radical (unpaired) electrons. The Hall–Kier alpha value is -2.27. The molecule has 0 heterocycles. The van der Waals surface area contributed by atoms with Crippen LogP contribution < -0.4 is 10.7 Å². The molecule has 0 aromatic heterocycles. The number of aryl methyl sites for hydroxylation is 1. The van der Waals surface area contributed by atoms with Crippen LogP contribution in [0.5, 0.6) is 0 Å². The lowest BCUT2D eigenvalue weighted by Crippen LogP contribution is -2.31. The molecule has 0 amide bonds.